The van der Waals surface area contributed by atoms with Gasteiger partial charge in [-0.25, -0.2) is 9.78 Å². The molecule has 7 heteroatoms. The minimum Gasteiger partial charge on any atom is -0.507 e. The van der Waals surface area contributed by atoms with Crippen molar-refractivity contribution in [3.63, 3.8) is 0 Å². The summed E-state index contributed by atoms with van der Waals surface area (Å²) in [6.07, 6.45) is 0. The maximum absolute atomic E-state index is 11.9. The number of nitrogens with zero attached hydrogens (tertiary/aromatic N) is 1. The molecule has 0 radical (unpaired) electrons. The van der Waals surface area contributed by atoms with Crippen LogP contribution in [0.5, 0.6) is 5.75 Å². The van der Waals surface area contributed by atoms with Gasteiger partial charge in [0, 0.05) is 12.3 Å². The van der Waals surface area contributed by atoms with Gasteiger partial charge in [0.05, 0.1) is 5.69 Å². The summed E-state index contributed by atoms with van der Waals surface area (Å²) in [6, 6.07) is 4.87. The Kier molecular flexibility index (Phi) is 4.54. The number of aryl methyl sites for hydroxylation is 1. The number of carbonyl (C=O) groups is 2. The maximum atomic E-state index is 11.9. The average molecular weight is 306 g/mol. The molecule has 2 rings (SSSR count). The summed E-state index contributed by atoms with van der Waals surface area (Å²) in [5.41, 5.74) is 1.25. The van der Waals surface area contributed by atoms with Crippen molar-refractivity contribution in [1.82, 2.24) is 4.98 Å². The van der Waals surface area contributed by atoms with Gasteiger partial charge in [-0.15, -0.1) is 11.3 Å². The summed E-state index contributed by atoms with van der Waals surface area (Å²) in [5.74, 6) is -0.914. The number of carbonyl (C=O) groups excluding carboxylic acids is 2. The van der Waals surface area contributed by atoms with Crippen LogP contribution in [0.2, 0.25) is 0 Å². The zero-order chi connectivity index (χ0) is 15.4. The molecule has 0 fully saturated rings. The third-order valence-corrected chi connectivity index (χ3v) is 3.45. The van der Waals surface area contributed by atoms with E-state index in [9.17, 15) is 14.7 Å². The zero-order valence-electron chi connectivity index (χ0n) is 11.5. The Balaban J connectivity index is 1.99. The molecule has 0 spiro atoms. The number of aromatic nitrogens is 1. The van der Waals surface area contributed by atoms with Crippen molar-refractivity contribution in [1.29, 1.82) is 0 Å². The number of nitrogens with one attached hydrogen (secondary N) is 1. The molecule has 0 bridgehead atoms. The smallest absolute Gasteiger partial charge is 0.342 e. The summed E-state index contributed by atoms with van der Waals surface area (Å²) < 4.78 is 5.10. The average Bonchev–Trinajstić information content (AvgIpc) is 2.86. The van der Waals surface area contributed by atoms with Crippen LogP contribution in [0, 0.1) is 6.92 Å². The molecule has 110 valence electrons. The van der Waals surface area contributed by atoms with E-state index in [2.05, 4.69) is 10.3 Å². The topological polar surface area (TPSA) is 88.5 Å². The van der Waals surface area contributed by atoms with Crippen molar-refractivity contribution >= 4 is 28.3 Å². The van der Waals surface area contributed by atoms with Crippen LogP contribution in [-0.2, 0) is 16.1 Å². The molecular weight excluding hydrogens is 292 g/mol. The predicted octanol–water partition coefficient (Wildman–Crippen LogP) is 2.47. The Hall–Kier alpha value is -2.41. The second kappa shape index (κ2) is 6.36. The van der Waals surface area contributed by atoms with Gasteiger partial charge in [-0.05, 0) is 18.6 Å². The molecule has 0 aliphatic rings. The van der Waals surface area contributed by atoms with Crippen molar-refractivity contribution in [3.05, 3.63) is 40.4 Å². The first-order valence-electron chi connectivity index (χ1n) is 6.15. The Morgan fingerprint density at radius 1 is 1.43 bits per heavy atom. The monoisotopic (exact) mass is 306 g/mol. The highest BCUT2D eigenvalue weighted by Crippen LogP contribution is 2.23. The second-order valence-electron chi connectivity index (χ2n) is 4.37. The third-order valence-electron chi connectivity index (χ3n) is 2.64. The van der Waals surface area contributed by atoms with Crippen LogP contribution >= 0.6 is 11.3 Å². The summed E-state index contributed by atoms with van der Waals surface area (Å²) in [5, 5.41) is 14.5. The first-order valence-corrected chi connectivity index (χ1v) is 7.03. The SMILES string of the molecule is CC(=O)Nc1nc(COC(=O)c2cccc(C)c2O)cs1. The molecule has 1 heterocycles. The second-order valence-corrected chi connectivity index (χ2v) is 5.23. The molecule has 1 amide bonds. The molecule has 2 N–H and O–H groups in total. The first kappa shape index (κ1) is 15.0. The van der Waals surface area contributed by atoms with Crippen molar-refractivity contribution in [2.24, 2.45) is 0 Å². The van der Waals surface area contributed by atoms with Gasteiger partial charge in [-0.3, -0.25) is 4.79 Å². The van der Waals surface area contributed by atoms with Crippen molar-refractivity contribution in [2.45, 2.75) is 20.5 Å². The molecule has 0 saturated carbocycles. The number of aromatic hydroxyl groups is 1. The lowest BCUT2D eigenvalue weighted by atomic mass is 10.1. The minimum absolute atomic E-state index is 0.0255. The minimum atomic E-state index is -0.620. The molecule has 2 aromatic rings. The van der Waals surface area contributed by atoms with Crippen LogP contribution < -0.4 is 5.32 Å². The molecule has 1 aromatic heterocycles. The van der Waals surface area contributed by atoms with Gasteiger partial charge in [0.25, 0.3) is 0 Å². The highest BCUT2D eigenvalue weighted by Gasteiger charge is 2.14. The number of rotatable bonds is 4. The number of thiazole rings is 1. The van der Waals surface area contributed by atoms with E-state index in [0.717, 1.165) is 0 Å². The summed E-state index contributed by atoms with van der Waals surface area (Å²) >= 11 is 1.25. The zero-order valence-corrected chi connectivity index (χ0v) is 12.4. The van der Waals surface area contributed by atoms with Gasteiger partial charge < -0.3 is 15.2 Å². The Morgan fingerprint density at radius 3 is 2.90 bits per heavy atom. The summed E-state index contributed by atoms with van der Waals surface area (Å²) in [4.78, 5) is 26.9. The van der Waals surface area contributed by atoms with E-state index in [1.165, 1.54) is 24.3 Å². The molecule has 0 atom stereocenters. The number of benzene rings is 1. The van der Waals surface area contributed by atoms with Gasteiger partial charge in [-0.1, -0.05) is 12.1 Å². The maximum Gasteiger partial charge on any atom is 0.342 e. The summed E-state index contributed by atoms with van der Waals surface area (Å²) in [7, 11) is 0. The lowest BCUT2D eigenvalue weighted by molar-refractivity contribution is -0.114. The lowest BCUT2D eigenvalue weighted by Gasteiger charge is -2.06. The number of esters is 1. The van der Waals surface area contributed by atoms with E-state index in [1.807, 2.05) is 0 Å². The Bertz CT molecular complexity index is 681. The van der Waals surface area contributed by atoms with Crippen LogP contribution in [0.4, 0.5) is 5.13 Å². The largest absolute Gasteiger partial charge is 0.507 e. The molecule has 0 aliphatic heterocycles. The van der Waals surface area contributed by atoms with Crippen LogP contribution in [0.3, 0.4) is 0 Å². The van der Waals surface area contributed by atoms with E-state index in [-0.39, 0.29) is 23.8 Å². The molecule has 0 unspecified atom stereocenters. The Labute approximate surface area is 125 Å². The van der Waals surface area contributed by atoms with Crippen LogP contribution in [0.15, 0.2) is 23.6 Å². The Morgan fingerprint density at radius 2 is 2.19 bits per heavy atom. The van der Waals surface area contributed by atoms with E-state index in [1.54, 1.807) is 24.4 Å². The molecule has 0 aliphatic carbocycles. The van der Waals surface area contributed by atoms with Gasteiger partial charge in [0.1, 0.15) is 17.9 Å². The number of phenolic OH excluding ortho intramolecular Hbond substituents is 1. The van der Waals surface area contributed by atoms with Crippen LogP contribution in [0.1, 0.15) is 28.5 Å². The van der Waals surface area contributed by atoms with Crippen molar-refractivity contribution in [2.75, 3.05) is 5.32 Å². The van der Waals surface area contributed by atoms with Crippen molar-refractivity contribution < 1.29 is 19.4 Å². The lowest BCUT2D eigenvalue weighted by Crippen LogP contribution is -2.07. The molecular formula is C14H14N2O4S. The first-order chi connectivity index (χ1) is 9.97. The molecule has 21 heavy (non-hydrogen) atoms. The number of hydrogen-bond acceptors (Lipinski definition) is 6. The van der Waals surface area contributed by atoms with Crippen LogP contribution in [-0.4, -0.2) is 22.0 Å². The number of anilines is 1. The molecule has 1 aromatic carbocycles. The fraction of sp³-hybridized carbons (Fsp3) is 0.214. The number of ether oxygens (including phenoxy) is 1. The van der Waals surface area contributed by atoms with E-state index in [0.29, 0.717) is 16.4 Å². The summed E-state index contributed by atoms with van der Waals surface area (Å²) in [6.45, 7) is 3.07. The standard InChI is InChI=1S/C14H14N2O4S/c1-8-4-3-5-11(12(8)18)13(19)20-6-10-7-21-14(16-10)15-9(2)17/h3-5,7,18H,6H2,1-2H3,(H,15,16,17). The van der Waals surface area contributed by atoms with E-state index >= 15 is 0 Å². The van der Waals surface area contributed by atoms with Gasteiger partial charge in [0.2, 0.25) is 5.91 Å². The number of phenols is 1. The van der Waals surface area contributed by atoms with E-state index in [4.69, 9.17) is 4.74 Å². The number of hydrogen-bond donors (Lipinski definition) is 2. The fourth-order valence-corrected chi connectivity index (χ4v) is 2.36. The number of para-hydroxylation sites is 1. The van der Waals surface area contributed by atoms with Gasteiger partial charge >= 0.3 is 5.97 Å². The quantitative estimate of drug-likeness (QED) is 0.847. The van der Waals surface area contributed by atoms with Gasteiger partial charge in [0.15, 0.2) is 5.13 Å². The van der Waals surface area contributed by atoms with Crippen LogP contribution in [0.25, 0.3) is 0 Å². The fourth-order valence-electron chi connectivity index (χ4n) is 1.62. The molecule has 0 saturated heterocycles. The third kappa shape index (κ3) is 3.79. The van der Waals surface area contributed by atoms with Gasteiger partial charge in [-0.2, -0.15) is 0 Å². The number of amides is 1. The predicted molar refractivity (Wildman–Crippen MR) is 78.4 cm³/mol. The molecule has 6 nitrogen and oxygen atoms in total. The highest BCUT2D eigenvalue weighted by molar-refractivity contribution is 7.13. The van der Waals surface area contributed by atoms with E-state index < -0.39 is 5.97 Å². The van der Waals surface area contributed by atoms with Crippen molar-refractivity contribution in [3.8, 4) is 5.75 Å². The highest BCUT2D eigenvalue weighted by atomic mass is 32.1. The normalized spacial score (nSPS) is 10.2.